The Labute approximate surface area is 111 Å². The van der Waals surface area contributed by atoms with E-state index in [1.165, 1.54) is 0 Å². The molecule has 1 amide bonds. The van der Waals surface area contributed by atoms with Gasteiger partial charge in [-0.1, -0.05) is 19.9 Å². The van der Waals surface area contributed by atoms with Crippen molar-refractivity contribution in [3.63, 3.8) is 0 Å². The van der Waals surface area contributed by atoms with Gasteiger partial charge in [-0.05, 0) is 24.6 Å². The van der Waals surface area contributed by atoms with E-state index in [0.717, 1.165) is 5.56 Å². The van der Waals surface area contributed by atoms with Crippen molar-refractivity contribution >= 4 is 17.6 Å². The SMILES string of the molecule is CC.Cc1ccc(C(=O)NCCC(=O)OF)c(N)c1. The van der Waals surface area contributed by atoms with Gasteiger partial charge in [0.1, 0.15) is 0 Å². The molecule has 0 spiro atoms. The Bertz CT molecular complexity index is 436. The van der Waals surface area contributed by atoms with E-state index in [4.69, 9.17) is 5.73 Å². The highest BCUT2D eigenvalue weighted by Gasteiger charge is 2.10. The number of carbonyl (C=O) groups excluding carboxylic acids is 2. The number of nitrogens with two attached hydrogens (primary N) is 1. The van der Waals surface area contributed by atoms with Gasteiger partial charge in [0.25, 0.3) is 5.91 Å². The van der Waals surface area contributed by atoms with Crippen LogP contribution in [0, 0.1) is 6.92 Å². The maximum atomic E-state index is 11.6. The molecule has 0 radical (unpaired) electrons. The number of nitrogens with one attached hydrogen (secondary N) is 1. The molecule has 0 aliphatic rings. The number of nitrogen functional groups attached to an aromatic ring is 1. The van der Waals surface area contributed by atoms with Crippen molar-refractivity contribution in [2.45, 2.75) is 27.2 Å². The highest BCUT2D eigenvalue weighted by Crippen LogP contribution is 2.13. The summed E-state index contributed by atoms with van der Waals surface area (Å²) in [6.07, 6.45) is -0.228. The first-order valence-corrected chi connectivity index (χ1v) is 6.00. The van der Waals surface area contributed by atoms with Gasteiger partial charge in [-0.2, -0.15) is 0 Å². The molecule has 5 nitrogen and oxygen atoms in total. The minimum atomic E-state index is -1.03. The Morgan fingerprint density at radius 2 is 2.00 bits per heavy atom. The lowest BCUT2D eigenvalue weighted by molar-refractivity contribution is -0.183. The van der Waals surface area contributed by atoms with E-state index in [-0.39, 0.29) is 13.0 Å². The van der Waals surface area contributed by atoms with Gasteiger partial charge in [-0.15, -0.1) is 0 Å². The van der Waals surface area contributed by atoms with Crippen LogP contribution >= 0.6 is 0 Å². The fraction of sp³-hybridized carbons (Fsp3) is 0.385. The molecule has 0 heterocycles. The molecule has 3 N–H and O–H groups in total. The molecule has 19 heavy (non-hydrogen) atoms. The standard InChI is InChI=1S/C11H13FN2O3.C2H6/c1-7-2-3-8(9(13)6-7)11(16)14-5-4-10(15)17-12;1-2/h2-3,6H,4-5,13H2,1H3,(H,14,16);1-2H3. The molecule has 0 atom stereocenters. The van der Waals surface area contributed by atoms with Crippen LogP contribution in [0.5, 0.6) is 0 Å². The number of rotatable bonds is 4. The predicted molar refractivity (Wildman–Crippen MR) is 71.1 cm³/mol. The fourth-order valence-electron chi connectivity index (χ4n) is 1.30. The molecule has 0 aromatic heterocycles. The second-order valence-corrected chi connectivity index (χ2v) is 3.55. The molecule has 0 saturated heterocycles. The van der Waals surface area contributed by atoms with E-state index in [1.807, 2.05) is 20.8 Å². The van der Waals surface area contributed by atoms with Crippen LogP contribution in [0.15, 0.2) is 18.2 Å². The van der Waals surface area contributed by atoms with Crippen molar-refractivity contribution in [1.82, 2.24) is 5.32 Å². The quantitative estimate of drug-likeness (QED) is 0.821. The lowest BCUT2D eigenvalue weighted by Crippen LogP contribution is -2.26. The zero-order valence-electron chi connectivity index (χ0n) is 11.3. The summed E-state index contributed by atoms with van der Waals surface area (Å²) >= 11 is 0. The van der Waals surface area contributed by atoms with Gasteiger partial charge in [0, 0.05) is 16.8 Å². The predicted octanol–water partition coefficient (Wildman–Crippen LogP) is 2.15. The largest absolute Gasteiger partial charge is 0.398 e. The molecular formula is C13H19FN2O3. The first kappa shape index (κ1) is 16.9. The van der Waals surface area contributed by atoms with Gasteiger partial charge in [0.05, 0.1) is 12.0 Å². The highest BCUT2D eigenvalue weighted by atomic mass is 19.3. The first-order valence-electron chi connectivity index (χ1n) is 6.00. The Kier molecular flexibility index (Phi) is 7.92. The van der Waals surface area contributed by atoms with Crippen LogP contribution in [0.2, 0.25) is 0 Å². The smallest absolute Gasteiger partial charge is 0.350 e. The number of carbonyl (C=O) groups is 2. The van der Waals surface area contributed by atoms with Crippen LogP contribution in [0.4, 0.5) is 10.2 Å². The molecule has 106 valence electrons. The van der Waals surface area contributed by atoms with Crippen molar-refractivity contribution in [2.75, 3.05) is 12.3 Å². The lowest BCUT2D eigenvalue weighted by atomic mass is 10.1. The number of hydrogen-bond acceptors (Lipinski definition) is 4. The van der Waals surface area contributed by atoms with Gasteiger partial charge >= 0.3 is 5.97 Å². The molecule has 0 aliphatic heterocycles. The number of benzene rings is 1. The normalized spacial score (nSPS) is 9.05. The summed E-state index contributed by atoms with van der Waals surface area (Å²) in [6, 6.07) is 5.01. The molecular weight excluding hydrogens is 251 g/mol. The molecule has 0 aliphatic carbocycles. The Hall–Kier alpha value is -2.11. The number of amides is 1. The number of halogens is 1. The van der Waals surface area contributed by atoms with E-state index in [9.17, 15) is 14.1 Å². The summed E-state index contributed by atoms with van der Waals surface area (Å²) in [6.45, 7) is 5.85. The fourth-order valence-corrected chi connectivity index (χ4v) is 1.30. The summed E-state index contributed by atoms with van der Waals surface area (Å²) in [5, 5.41) is 2.44. The van der Waals surface area contributed by atoms with Crippen LogP contribution in [0.25, 0.3) is 0 Å². The maximum absolute atomic E-state index is 11.6. The molecule has 1 aromatic carbocycles. The van der Waals surface area contributed by atoms with Gasteiger partial charge in [0.15, 0.2) is 0 Å². The summed E-state index contributed by atoms with van der Waals surface area (Å²) in [7, 11) is 0. The molecule has 0 bridgehead atoms. The van der Waals surface area contributed by atoms with Gasteiger partial charge in [0.2, 0.25) is 0 Å². The second kappa shape index (κ2) is 8.91. The molecule has 0 saturated carbocycles. The third-order valence-electron chi connectivity index (χ3n) is 2.15. The zero-order chi connectivity index (χ0) is 14.8. The van der Waals surface area contributed by atoms with Crippen LogP contribution in [-0.2, 0) is 9.74 Å². The second-order valence-electron chi connectivity index (χ2n) is 3.55. The van der Waals surface area contributed by atoms with E-state index in [1.54, 1.807) is 18.2 Å². The summed E-state index contributed by atoms with van der Waals surface area (Å²) < 4.78 is 11.4. The minimum absolute atomic E-state index is 0.00506. The Morgan fingerprint density at radius 3 is 2.53 bits per heavy atom. The average Bonchev–Trinajstić information content (AvgIpc) is 2.40. The molecule has 1 aromatic rings. The Balaban J connectivity index is 0.00000154. The number of hydrogen-bond donors (Lipinski definition) is 2. The molecule has 0 unspecified atom stereocenters. The van der Waals surface area contributed by atoms with Crippen molar-refractivity contribution in [2.24, 2.45) is 0 Å². The van der Waals surface area contributed by atoms with E-state index >= 15 is 0 Å². The third-order valence-corrected chi connectivity index (χ3v) is 2.15. The van der Waals surface area contributed by atoms with Crippen molar-refractivity contribution in [3.05, 3.63) is 29.3 Å². The van der Waals surface area contributed by atoms with Crippen LogP contribution < -0.4 is 11.1 Å². The Morgan fingerprint density at radius 1 is 1.37 bits per heavy atom. The summed E-state index contributed by atoms with van der Waals surface area (Å²) in [5.74, 6) is -1.43. The van der Waals surface area contributed by atoms with Crippen LogP contribution in [-0.4, -0.2) is 18.4 Å². The highest BCUT2D eigenvalue weighted by molar-refractivity contribution is 5.99. The summed E-state index contributed by atoms with van der Waals surface area (Å²) in [4.78, 5) is 25.0. The summed E-state index contributed by atoms with van der Waals surface area (Å²) in [5.41, 5.74) is 7.29. The molecule has 0 fully saturated rings. The topological polar surface area (TPSA) is 81.4 Å². The van der Waals surface area contributed by atoms with E-state index < -0.39 is 11.9 Å². The number of aryl methyl sites for hydroxylation is 1. The molecule has 6 heteroatoms. The minimum Gasteiger partial charge on any atom is -0.398 e. The van der Waals surface area contributed by atoms with Crippen molar-refractivity contribution < 1.29 is 19.1 Å². The van der Waals surface area contributed by atoms with E-state index in [2.05, 4.69) is 10.3 Å². The third kappa shape index (κ3) is 5.85. The molecule has 1 rings (SSSR count). The van der Waals surface area contributed by atoms with Gasteiger partial charge < -0.3 is 11.1 Å². The van der Waals surface area contributed by atoms with Gasteiger partial charge in [-0.3, -0.25) is 9.74 Å². The van der Waals surface area contributed by atoms with Crippen LogP contribution in [0.1, 0.15) is 36.2 Å². The van der Waals surface area contributed by atoms with Gasteiger partial charge in [-0.25, -0.2) is 4.79 Å². The number of anilines is 1. The van der Waals surface area contributed by atoms with Crippen molar-refractivity contribution in [1.29, 1.82) is 0 Å². The first-order chi connectivity index (χ1) is 9.04. The average molecular weight is 270 g/mol. The monoisotopic (exact) mass is 270 g/mol. The van der Waals surface area contributed by atoms with E-state index in [0.29, 0.717) is 11.3 Å². The zero-order valence-corrected chi connectivity index (χ0v) is 11.3. The maximum Gasteiger partial charge on any atom is 0.350 e. The van der Waals surface area contributed by atoms with Crippen LogP contribution in [0.3, 0.4) is 0 Å². The van der Waals surface area contributed by atoms with Crippen molar-refractivity contribution in [3.8, 4) is 0 Å². The lowest BCUT2D eigenvalue weighted by Gasteiger charge is -2.07.